The zero-order chi connectivity index (χ0) is 22.1. The van der Waals surface area contributed by atoms with Gasteiger partial charge in [0, 0.05) is 6.42 Å². The molecule has 0 aromatic heterocycles. The van der Waals surface area contributed by atoms with E-state index >= 15 is 0 Å². The van der Waals surface area contributed by atoms with Gasteiger partial charge in [-0.1, -0.05) is 155 Å². The molecule has 0 radical (unpaired) electrons. The van der Waals surface area contributed by atoms with Gasteiger partial charge in [0.1, 0.15) is 0 Å². The molecule has 0 heterocycles. The molecular formula is C29H56O. The molecule has 0 unspecified atom stereocenters. The highest BCUT2D eigenvalue weighted by atomic mass is 16.1. The van der Waals surface area contributed by atoms with E-state index in [2.05, 4.69) is 13.5 Å². The summed E-state index contributed by atoms with van der Waals surface area (Å²) < 4.78 is 0. The van der Waals surface area contributed by atoms with Crippen molar-refractivity contribution in [2.45, 2.75) is 168 Å². The predicted molar refractivity (Wildman–Crippen MR) is 136 cm³/mol. The minimum absolute atomic E-state index is 0.249. The average molecular weight is 421 g/mol. The van der Waals surface area contributed by atoms with E-state index in [1.165, 1.54) is 141 Å². The van der Waals surface area contributed by atoms with E-state index in [0.29, 0.717) is 12.0 Å². The lowest BCUT2D eigenvalue weighted by molar-refractivity contribution is -0.115. The first-order valence-electron chi connectivity index (χ1n) is 13.9. The van der Waals surface area contributed by atoms with Gasteiger partial charge in [-0.15, -0.1) is 0 Å². The standard InChI is InChI=1S/C29H56O/c1-4-5-6-7-8-9-10-11-12-13-14-15-16-17-18-19-20-21-22-23-24-25-26-27-29(30)28(2)3/h2,4-27H2,1,3H3. The number of ketones is 1. The lowest BCUT2D eigenvalue weighted by atomic mass is 10.0. The van der Waals surface area contributed by atoms with Gasteiger partial charge in [0.2, 0.25) is 0 Å². The van der Waals surface area contributed by atoms with E-state index in [1.54, 1.807) is 0 Å². The highest BCUT2D eigenvalue weighted by molar-refractivity contribution is 5.93. The third-order valence-corrected chi connectivity index (χ3v) is 6.48. The highest BCUT2D eigenvalue weighted by Gasteiger charge is 2.01. The van der Waals surface area contributed by atoms with Gasteiger partial charge in [-0.3, -0.25) is 4.79 Å². The van der Waals surface area contributed by atoms with E-state index in [9.17, 15) is 4.79 Å². The zero-order valence-corrected chi connectivity index (χ0v) is 21.1. The second-order valence-electron chi connectivity index (χ2n) is 9.73. The van der Waals surface area contributed by atoms with Crippen LogP contribution in [0.15, 0.2) is 12.2 Å². The molecule has 0 aromatic rings. The molecule has 0 spiro atoms. The van der Waals surface area contributed by atoms with Gasteiger partial charge in [0.05, 0.1) is 0 Å². The quantitative estimate of drug-likeness (QED) is 0.106. The Morgan fingerprint density at radius 3 is 0.933 bits per heavy atom. The van der Waals surface area contributed by atoms with Crippen LogP contribution in [0.5, 0.6) is 0 Å². The van der Waals surface area contributed by atoms with Crippen LogP contribution in [-0.2, 0) is 4.79 Å². The zero-order valence-electron chi connectivity index (χ0n) is 21.1. The second kappa shape index (κ2) is 24.7. The molecule has 1 nitrogen and oxygen atoms in total. The molecule has 0 aliphatic heterocycles. The number of hydrogen-bond donors (Lipinski definition) is 0. The third kappa shape index (κ3) is 23.7. The number of Topliss-reactive ketones (excluding diaryl/α,β-unsaturated/α-hetero) is 1. The summed E-state index contributed by atoms with van der Waals surface area (Å²) in [4.78, 5) is 11.5. The Balaban J connectivity index is 3.05. The van der Waals surface area contributed by atoms with Gasteiger partial charge in [-0.25, -0.2) is 0 Å². The Hall–Kier alpha value is -0.590. The van der Waals surface area contributed by atoms with Gasteiger partial charge >= 0.3 is 0 Å². The summed E-state index contributed by atoms with van der Waals surface area (Å²) in [7, 11) is 0. The van der Waals surface area contributed by atoms with Crippen LogP contribution in [-0.4, -0.2) is 5.78 Å². The van der Waals surface area contributed by atoms with Crippen LogP contribution in [0.1, 0.15) is 168 Å². The van der Waals surface area contributed by atoms with Gasteiger partial charge in [-0.05, 0) is 18.9 Å². The maximum atomic E-state index is 11.5. The summed E-state index contributed by atoms with van der Waals surface area (Å²) in [6.07, 6.45) is 33.1. The van der Waals surface area contributed by atoms with Gasteiger partial charge in [0.25, 0.3) is 0 Å². The van der Waals surface area contributed by atoms with Crippen molar-refractivity contribution < 1.29 is 4.79 Å². The SMILES string of the molecule is C=C(C)C(=O)CCCCCCCCCCCCCCCCCCCCCCCCC. The largest absolute Gasteiger partial charge is 0.295 e. The Kier molecular flexibility index (Phi) is 24.2. The van der Waals surface area contributed by atoms with Crippen molar-refractivity contribution >= 4 is 5.78 Å². The molecule has 0 bridgehead atoms. The molecular weight excluding hydrogens is 364 g/mol. The van der Waals surface area contributed by atoms with Crippen LogP contribution in [0.4, 0.5) is 0 Å². The summed E-state index contributed by atoms with van der Waals surface area (Å²) >= 11 is 0. The fourth-order valence-electron chi connectivity index (χ4n) is 4.28. The lowest BCUT2D eigenvalue weighted by Gasteiger charge is -2.04. The van der Waals surface area contributed by atoms with Crippen LogP contribution in [0.25, 0.3) is 0 Å². The molecule has 0 aliphatic rings. The molecule has 30 heavy (non-hydrogen) atoms. The fourth-order valence-corrected chi connectivity index (χ4v) is 4.28. The number of allylic oxidation sites excluding steroid dienone is 1. The van der Waals surface area contributed by atoms with Crippen molar-refractivity contribution in [3.8, 4) is 0 Å². The molecule has 0 rings (SSSR count). The van der Waals surface area contributed by atoms with Gasteiger partial charge in [0.15, 0.2) is 5.78 Å². The third-order valence-electron chi connectivity index (χ3n) is 6.48. The van der Waals surface area contributed by atoms with Crippen LogP contribution in [0.3, 0.4) is 0 Å². The average Bonchev–Trinajstić information content (AvgIpc) is 2.74. The maximum Gasteiger partial charge on any atom is 0.157 e. The van der Waals surface area contributed by atoms with Crippen LogP contribution < -0.4 is 0 Å². The number of unbranched alkanes of at least 4 members (excludes halogenated alkanes) is 22. The first-order chi connectivity index (χ1) is 14.7. The van der Waals surface area contributed by atoms with Crippen LogP contribution in [0, 0.1) is 0 Å². The van der Waals surface area contributed by atoms with Gasteiger partial charge < -0.3 is 0 Å². The fraction of sp³-hybridized carbons (Fsp3) is 0.897. The van der Waals surface area contributed by atoms with E-state index in [-0.39, 0.29) is 5.78 Å². The van der Waals surface area contributed by atoms with Crippen molar-refractivity contribution in [2.24, 2.45) is 0 Å². The summed E-state index contributed by atoms with van der Waals surface area (Å²) in [5.41, 5.74) is 0.716. The molecule has 0 aromatic carbocycles. The molecule has 0 N–H and O–H groups in total. The topological polar surface area (TPSA) is 17.1 Å². The summed E-state index contributed by atoms with van der Waals surface area (Å²) in [6.45, 7) is 7.83. The Labute approximate surface area is 190 Å². The first-order valence-corrected chi connectivity index (χ1v) is 13.9. The summed E-state index contributed by atoms with van der Waals surface area (Å²) in [5.74, 6) is 0.249. The summed E-state index contributed by atoms with van der Waals surface area (Å²) in [5, 5.41) is 0. The van der Waals surface area contributed by atoms with Crippen molar-refractivity contribution in [3.63, 3.8) is 0 Å². The van der Waals surface area contributed by atoms with Crippen LogP contribution >= 0.6 is 0 Å². The van der Waals surface area contributed by atoms with Crippen molar-refractivity contribution in [1.82, 2.24) is 0 Å². The van der Waals surface area contributed by atoms with Gasteiger partial charge in [-0.2, -0.15) is 0 Å². The predicted octanol–water partition coefficient (Wildman–Crippen LogP) is 10.5. The highest BCUT2D eigenvalue weighted by Crippen LogP contribution is 2.15. The van der Waals surface area contributed by atoms with Crippen molar-refractivity contribution in [2.75, 3.05) is 0 Å². The van der Waals surface area contributed by atoms with E-state index in [4.69, 9.17) is 0 Å². The monoisotopic (exact) mass is 420 g/mol. The normalized spacial score (nSPS) is 11.1. The number of hydrogen-bond acceptors (Lipinski definition) is 1. The van der Waals surface area contributed by atoms with Crippen molar-refractivity contribution in [1.29, 1.82) is 0 Å². The van der Waals surface area contributed by atoms with E-state index in [1.807, 2.05) is 6.92 Å². The van der Waals surface area contributed by atoms with Crippen LogP contribution in [0.2, 0.25) is 0 Å². The molecule has 1 heteroatoms. The minimum Gasteiger partial charge on any atom is -0.295 e. The Morgan fingerprint density at radius 2 is 0.700 bits per heavy atom. The number of carbonyl (C=O) groups is 1. The maximum absolute atomic E-state index is 11.5. The Bertz CT molecular complexity index is 371. The smallest absolute Gasteiger partial charge is 0.157 e. The van der Waals surface area contributed by atoms with E-state index in [0.717, 1.165) is 6.42 Å². The number of rotatable bonds is 25. The van der Waals surface area contributed by atoms with E-state index < -0.39 is 0 Å². The minimum atomic E-state index is 0.249. The molecule has 0 saturated carbocycles. The molecule has 0 amide bonds. The molecule has 0 saturated heterocycles. The first kappa shape index (κ1) is 29.4. The summed E-state index contributed by atoms with van der Waals surface area (Å²) in [6, 6.07) is 0. The molecule has 178 valence electrons. The molecule has 0 atom stereocenters. The Morgan fingerprint density at radius 1 is 0.467 bits per heavy atom. The molecule has 0 fully saturated rings. The second-order valence-corrected chi connectivity index (χ2v) is 9.73. The lowest BCUT2D eigenvalue weighted by Crippen LogP contribution is -1.97. The van der Waals surface area contributed by atoms with Crippen molar-refractivity contribution in [3.05, 3.63) is 12.2 Å². The number of carbonyl (C=O) groups excluding carboxylic acids is 1. The molecule has 0 aliphatic carbocycles.